The molecule has 0 spiro atoms. The lowest BCUT2D eigenvalue weighted by Crippen LogP contribution is -2.11. The van der Waals surface area contributed by atoms with Crippen LogP contribution in [0.5, 0.6) is 5.75 Å². The van der Waals surface area contributed by atoms with Crippen molar-refractivity contribution < 1.29 is 9.53 Å². The van der Waals surface area contributed by atoms with E-state index in [1.807, 2.05) is 19.1 Å². The molecule has 1 unspecified atom stereocenters. The second-order valence-electron chi connectivity index (χ2n) is 3.80. The molecule has 0 amide bonds. The molecule has 0 aliphatic rings. The molecule has 2 heteroatoms. The molecule has 0 saturated heterocycles. The number of ether oxygens (including phenoxy) is 1. The van der Waals surface area contributed by atoms with Crippen LogP contribution in [0.15, 0.2) is 24.3 Å². The maximum atomic E-state index is 11.2. The summed E-state index contributed by atoms with van der Waals surface area (Å²) in [7, 11) is 0. The van der Waals surface area contributed by atoms with E-state index in [-0.39, 0.29) is 11.9 Å². The standard InChI is InChI=1S/C13H18O2/c1-4-6-10(2)15-13-8-5-7-12(9-13)11(3)14/h5,7-10H,4,6H2,1-3H3. The van der Waals surface area contributed by atoms with Gasteiger partial charge < -0.3 is 4.74 Å². The number of carbonyl (C=O) groups excluding carboxylic acids is 1. The minimum absolute atomic E-state index is 0.0728. The van der Waals surface area contributed by atoms with Gasteiger partial charge in [-0.2, -0.15) is 0 Å². The zero-order chi connectivity index (χ0) is 11.3. The van der Waals surface area contributed by atoms with Gasteiger partial charge in [-0.05, 0) is 32.4 Å². The molecule has 0 radical (unpaired) electrons. The predicted octanol–water partition coefficient (Wildman–Crippen LogP) is 3.46. The van der Waals surface area contributed by atoms with Gasteiger partial charge in [0.25, 0.3) is 0 Å². The largest absolute Gasteiger partial charge is 0.491 e. The second-order valence-corrected chi connectivity index (χ2v) is 3.80. The molecule has 0 aromatic heterocycles. The molecule has 1 rings (SSSR count). The zero-order valence-electron chi connectivity index (χ0n) is 9.62. The molecule has 0 saturated carbocycles. The summed E-state index contributed by atoms with van der Waals surface area (Å²) in [5, 5.41) is 0. The summed E-state index contributed by atoms with van der Waals surface area (Å²) in [4.78, 5) is 11.2. The van der Waals surface area contributed by atoms with Crippen molar-refractivity contribution in [3.05, 3.63) is 29.8 Å². The number of Topliss-reactive ketones (excluding diaryl/α,β-unsaturated/α-hetero) is 1. The number of carbonyl (C=O) groups is 1. The molecule has 0 N–H and O–H groups in total. The number of rotatable bonds is 5. The maximum Gasteiger partial charge on any atom is 0.159 e. The van der Waals surface area contributed by atoms with E-state index in [4.69, 9.17) is 4.74 Å². The van der Waals surface area contributed by atoms with E-state index >= 15 is 0 Å². The van der Waals surface area contributed by atoms with E-state index in [1.54, 1.807) is 19.1 Å². The molecule has 0 aliphatic heterocycles. The highest BCUT2D eigenvalue weighted by molar-refractivity contribution is 5.94. The maximum absolute atomic E-state index is 11.2. The fourth-order valence-electron chi connectivity index (χ4n) is 1.49. The van der Waals surface area contributed by atoms with Gasteiger partial charge in [-0.25, -0.2) is 0 Å². The highest BCUT2D eigenvalue weighted by atomic mass is 16.5. The zero-order valence-corrected chi connectivity index (χ0v) is 9.62. The summed E-state index contributed by atoms with van der Waals surface area (Å²) in [5.41, 5.74) is 0.705. The smallest absolute Gasteiger partial charge is 0.159 e. The first kappa shape index (κ1) is 11.8. The van der Waals surface area contributed by atoms with Gasteiger partial charge in [-0.15, -0.1) is 0 Å². The van der Waals surface area contributed by atoms with Gasteiger partial charge in [0.05, 0.1) is 6.10 Å². The first-order chi connectivity index (χ1) is 7.13. The molecule has 1 aromatic rings. The van der Waals surface area contributed by atoms with Gasteiger partial charge in [0, 0.05) is 5.56 Å². The average Bonchev–Trinajstić information content (AvgIpc) is 2.18. The Morgan fingerprint density at radius 1 is 1.47 bits per heavy atom. The Morgan fingerprint density at radius 2 is 2.20 bits per heavy atom. The van der Waals surface area contributed by atoms with Crippen LogP contribution < -0.4 is 4.74 Å². The Labute approximate surface area is 91.3 Å². The molecular weight excluding hydrogens is 188 g/mol. The summed E-state index contributed by atoms with van der Waals surface area (Å²) in [6.45, 7) is 5.74. The number of benzene rings is 1. The van der Waals surface area contributed by atoms with E-state index < -0.39 is 0 Å². The van der Waals surface area contributed by atoms with E-state index in [2.05, 4.69) is 6.92 Å². The molecule has 0 aliphatic carbocycles. The topological polar surface area (TPSA) is 26.3 Å². The Balaban J connectivity index is 2.69. The van der Waals surface area contributed by atoms with Crippen LogP contribution in [0.3, 0.4) is 0 Å². The summed E-state index contributed by atoms with van der Waals surface area (Å²) < 4.78 is 5.69. The lowest BCUT2D eigenvalue weighted by atomic mass is 10.1. The number of hydrogen-bond donors (Lipinski definition) is 0. The molecule has 0 bridgehead atoms. The third kappa shape index (κ3) is 3.74. The van der Waals surface area contributed by atoms with Gasteiger partial charge in [0.15, 0.2) is 5.78 Å². The van der Waals surface area contributed by atoms with Crippen molar-refractivity contribution in [1.82, 2.24) is 0 Å². The SMILES string of the molecule is CCCC(C)Oc1cccc(C(C)=O)c1. The van der Waals surface area contributed by atoms with E-state index in [0.29, 0.717) is 5.56 Å². The minimum atomic E-state index is 0.0728. The Morgan fingerprint density at radius 3 is 2.80 bits per heavy atom. The summed E-state index contributed by atoms with van der Waals surface area (Å²) in [5.74, 6) is 0.854. The van der Waals surface area contributed by atoms with E-state index in [9.17, 15) is 4.79 Å². The van der Waals surface area contributed by atoms with Crippen molar-refractivity contribution in [3.63, 3.8) is 0 Å². The Hall–Kier alpha value is -1.31. The molecule has 2 nitrogen and oxygen atoms in total. The van der Waals surface area contributed by atoms with Crippen LogP contribution in [0.25, 0.3) is 0 Å². The number of hydrogen-bond acceptors (Lipinski definition) is 2. The minimum Gasteiger partial charge on any atom is -0.491 e. The first-order valence-electron chi connectivity index (χ1n) is 5.41. The van der Waals surface area contributed by atoms with Crippen LogP contribution in [0.1, 0.15) is 44.0 Å². The van der Waals surface area contributed by atoms with Crippen molar-refractivity contribution in [3.8, 4) is 5.75 Å². The third-order valence-corrected chi connectivity index (χ3v) is 2.27. The van der Waals surface area contributed by atoms with Gasteiger partial charge in [0.1, 0.15) is 5.75 Å². The van der Waals surface area contributed by atoms with Crippen LogP contribution in [-0.4, -0.2) is 11.9 Å². The van der Waals surface area contributed by atoms with Crippen LogP contribution in [0.2, 0.25) is 0 Å². The normalized spacial score (nSPS) is 12.2. The Bertz CT molecular complexity index is 331. The summed E-state index contributed by atoms with van der Waals surface area (Å²) in [6.07, 6.45) is 2.34. The first-order valence-corrected chi connectivity index (χ1v) is 5.41. The fourth-order valence-corrected chi connectivity index (χ4v) is 1.49. The third-order valence-electron chi connectivity index (χ3n) is 2.27. The molecule has 1 atom stereocenters. The Kier molecular flexibility index (Phi) is 4.35. The van der Waals surface area contributed by atoms with Crippen LogP contribution >= 0.6 is 0 Å². The van der Waals surface area contributed by atoms with Gasteiger partial charge in [0.2, 0.25) is 0 Å². The molecule has 82 valence electrons. The lowest BCUT2D eigenvalue weighted by Gasteiger charge is -2.13. The van der Waals surface area contributed by atoms with E-state index in [0.717, 1.165) is 18.6 Å². The quantitative estimate of drug-likeness (QED) is 0.690. The van der Waals surface area contributed by atoms with Crippen LogP contribution in [0, 0.1) is 0 Å². The van der Waals surface area contributed by atoms with Gasteiger partial charge >= 0.3 is 0 Å². The van der Waals surface area contributed by atoms with Crippen LogP contribution in [-0.2, 0) is 0 Å². The highest BCUT2D eigenvalue weighted by Crippen LogP contribution is 2.16. The molecule has 1 aromatic carbocycles. The van der Waals surface area contributed by atoms with Crippen molar-refractivity contribution in [2.45, 2.75) is 39.7 Å². The van der Waals surface area contributed by atoms with Gasteiger partial charge in [-0.1, -0.05) is 25.5 Å². The predicted molar refractivity (Wildman–Crippen MR) is 61.4 cm³/mol. The molecular formula is C13H18O2. The molecule has 0 heterocycles. The fraction of sp³-hybridized carbons (Fsp3) is 0.462. The van der Waals surface area contributed by atoms with Gasteiger partial charge in [-0.3, -0.25) is 4.79 Å². The van der Waals surface area contributed by atoms with E-state index in [1.165, 1.54) is 0 Å². The average molecular weight is 206 g/mol. The summed E-state index contributed by atoms with van der Waals surface area (Å²) in [6, 6.07) is 7.34. The van der Waals surface area contributed by atoms with Crippen molar-refractivity contribution in [2.75, 3.05) is 0 Å². The monoisotopic (exact) mass is 206 g/mol. The van der Waals surface area contributed by atoms with Crippen LogP contribution in [0.4, 0.5) is 0 Å². The lowest BCUT2D eigenvalue weighted by molar-refractivity contribution is 0.101. The molecule has 15 heavy (non-hydrogen) atoms. The second kappa shape index (κ2) is 5.54. The highest BCUT2D eigenvalue weighted by Gasteiger charge is 2.04. The van der Waals surface area contributed by atoms with Crippen molar-refractivity contribution >= 4 is 5.78 Å². The molecule has 0 fully saturated rings. The van der Waals surface area contributed by atoms with Crippen molar-refractivity contribution in [1.29, 1.82) is 0 Å². The van der Waals surface area contributed by atoms with Crippen molar-refractivity contribution in [2.24, 2.45) is 0 Å². The summed E-state index contributed by atoms with van der Waals surface area (Å²) >= 11 is 0. The number of ketones is 1.